The van der Waals surface area contributed by atoms with Gasteiger partial charge in [-0.15, -0.1) is 0 Å². The Morgan fingerprint density at radius 2 is 2.00 bits per heavy atom. The van der Waals surface area contributed by atoms with E-state index >= 15 is 0 Å². The smallest absolute Gasteiger partial charge is 0.234 e. The number of carbonyl (C=O) groups excluding carboxylic acids is 1. The van der Waals surface area contributed by atoms with E-state index in [4.69, 9.17) is 0 Å². The lowest BCUT2D eigenvalue weighted by Gasteiger charge is -2.04. The number of aryl methyl sites for hydroxylation is 1. The zero-order valence-electron chi connectivity index (χ0n) is 13.8. The highest BCUT2D eigenvalue weighted by Crippen LogP contribution is 2.19. The summed E-state index contributed by atoms with van der Waals surface area (Å²) < 4.78 is 13.1. The lowest BCUT2D eigenvalue weighted by atomic mass is 10.1. The van der Waals surface area contributed by atoms with Gasteiger partial charge in [0, 0.05) is 17.8 Å². The molecule has 2 aromatic carbocycles. The van der Waals surface area contributed by atoms with Gasteiger partial charge in [-0.2, -0.15) is 0 Å². The maximum Gasteiger partial charge on any atom is 0.234 e. The summed E-state index contributed by atoms with van der Waals surface area (Å²) in [5.41, 5.74) is 3.61. The van der Waals surface area contributed by atoms with E-state index in [9.17, 15) is 9.18 Å². The third kappa shape index (κ3) is 4.93. The van der Waals surface area contributed by atoms with Crippen molar-refractivity contribution in [3.63, 3.8) is 0 Å². The van der Waals surface area contributed by atoms with Gasteiger partial charge in [-0.05, 0) is 30.7 Å². The lowest BCUT2D eigenvalue weighted by Crippen LogP contribution is -2.14. The van der Waals surface area contributed by atoms with Crippen LogP contribution in [0.25, 0.3) is 0 Å². The average Bonchev–Trinajstić information content (AvgIpc) is 2.94. The number of aromatic amines is 1. The van der Waals surface area contributed by atoms with Crippen molar-refractivity contribution < 1.29 is 9.18 Å². The molecule has 0 atom stereocenters. The number of halogens is 1. The van der Waals surface area contributed by atoms with Crippen molar-refractivity contribution in [2.75, 3.05) is 11.1 Å². The molecule has 0 radical (unpaired) electrons. The highest BCUT2D eigenvalue weighted by atomic mass is 32.2. The largest absolute Gasteiger partial charge is 0.337 e. The molecule has 0 aliphatic heterocycles. The quantitative estimate of drug-likeness (QED) is 0.652. The second-order valence-electron chi connectivity index (χ2n) is 5.62. The summed E-state index contributed by atoms with van der Waals surface area (Å²) in [7, 11) is 0. The first-order valence-electron chi connectivity index (χ1n) is 7.88. The van der Waals surface area contributed by atoms with Crippen LogP contribution in [0.15, 0.2) is 59.8 Å². The second kappa shape index (κ2) is 7.98. The first kappa shape index (κ1) is 17.2. The molecule has 128 valence electrons. The van der Waals surface area contributed by atoms with Crippen LogP contribution in [0.4, 0.5) is 10.1 Å². The first-order valence-corrected chi connectivity index (χ1v) is 8.86. The third-order valence-electron chi connectivity index (χ3n) is 3.63. The lowest BCUT2D eigenvalue weighted by molar-refractivity contribution is -0.113. The number of H-pyrrole nitrogens is 1. The fourth-order valence-corrected chi connectivity index (χ4v) is 3.13. The van der Waals surface area contributed by atoms with Crippen molar-refractivity contribution >= 4 is 23.4 Å². The van der Waals surface area contributed by atoms with E-state index in [0.29, 0.717) is 10.8 Å². The van der Waals surface area contributed by atoms with Crippen LogP contribution in [0.3, 0.4) is 0 Å². The van der Waals surface area contributed by atoms with Crippen LogP contribution in [0.2, 0.25) is 0 Å². The molecule has 3 rings (SSSR count). The van der Waals surface area contributed by atoms with Crippen LogP contribution >= 0.6 is 11.8 Å². The molecule has 4 nitrogen and oxygen atoms in total. The molecule has 2 N–H and O–H groups in total. The number of imidazole rings is 1. The molecule has 0 unspecified atom stereocenters. The van der Waals surface area contributed by atoms with E-state index < -0.39 is 0 Å². The molecular formula is C19H18FN3OS. The minimum atomic E-state index is -0.377. The molecular weight excluding hydrogens is 337 g/mol. The molecule has 1 heterocycles. The monoisotopic (exact) mass is 355 g/mol. The number of amides is 1. The van der Waals surface area contributed by atoms with Gasteiger partial charge in [0.15, 0.2) is 5.16 Å². The van der Waals surface area contributed by atoms with Gasteiger partial charge in [0.1, 0.15) is 5.82 Å². The molecule has 0 bridgehead atoms. The number of anilines is 1. The second-order valence-corrected chi connectivity index (χ2v) is 6.59. The van der Waals surface area contributed by atoms with Gasteiger partial charge in [0.25, 0.3) is 0 Å². The predicted molar refractivity (Wildman–Crippen MR) is 98.3 cm³/mol. The number of nitrogens with zero attached hydrogens (tertiary/aromatic N) is 1. The molecule has 1 aromatic heterocycles. The number of nitrogens with one attached hydrogen (secondary N) is 2. The number of rotatable bonds is 6. The minimum absolute atomic E-state index is 0.200. The molecule has 0 spiro atoms. The van der Waals surface area contributed by atoms with Crippen molar-refractivity contribution in [2.24, 2.45) is 0 Å². The molecule has 0 aliphatic rings. The minimum Gasteiger partial charge on any atom is -0.337 e. The Morgan fingerprint density at radius 1 is 1.20 bits per heavy atom. The van der Waals surface area contributed by atoms with E-state index in [2.05, 4.69) is 27.4 Å². The van der Waals surface area contributed by atoms with Crippen molar-refractivity contribution in [3.05, 3.63) is 77.4 Å². The maximum atomic E-state index is 13.1. The number of carbonyl (C=O) groups is 1. The highest BCUT2D eigenvalue weighted by molar-refractivity contribution is 7.99. The summed E-state index contributed by atoms with van der Waals surface area (Å²) in [6, 6.07) is 16.0. The summed E-state index contributed by atoms with van der Waals surface area (Å²) in [6.45, 7) is 1.97. The first-order chi connectivity index (χ1) is 12.1. The van der Waals surface area contributed by atoms with Gasteiger partial charge in [0.2, 0.25) is 5.91 Å². The fourth-order valence-electron chi connectivity index (χ4n) is 2.39. The maximum absolute atomic E-state index is 13.1. The van der Waals surface area contributed by atoms with Crippen LogP contribution in [-0.4, -0.2) is 21.6 Å². The molecule has 0 aliphatic carbocycles. The zero-order chi connectivity index (χ0) is 17.6. The molecule has 6 heteroatoms. The molecule has 0 fully saturated rings. The Morgan fingerprint density at radius 3 is 2.76 bits per heavy atom. The Balaban J connectivity index is 1.56. The number of benzene rings is 2. The highest BCUT2D eigenvalue weighted by Gasteiger charge is 2.10. The van der Waals surface area contributed by atoms with Gasteiger partial charge in [0.05, 0.1) is 11.4 Å². The number of hydrogen-bond donors (Lipinski definition) is 2. The number of hydrogen-bond acceptors (Lipinski definition) is 3. The summed E-state index contributed by atoms with van der Waals surface area (Å²) in [5.74, 6) is -0.374. The molecule has 0 saturated heterocycles. The van der Waals surface area contributed by atoms with E-state index in [1.165, 1.54) is 29.5 Å². The summed E-state index contributed by atoms with van der Waals surface area (Å²) >= 11 is 1.33. The van der Waals surface area contributed by atoms with Crippen LogP contribution < -0.4 is 5.32 Å². The number of thioether (sulfide) groups is 1. The Bertz CT molecular complexity index is 864. The van der Waals surface area contributed by atoms with Gasteiger partial charge in [-0.1, -0.05) is 48.2 Å². The zero-order valence-corrected chi connectivity index (χ0v) is 14.6. The van der Waals surface area contributed by atoms with Crippen molar-refractivity contribution in [1.82, 2.24) is 9.97 Å². The molecule has 3 aromatic rings. The Labute approximate surface area is 149 Å². The van der Waals surface area contributed by atoms with E-state index in [1.54, 1.807) is 12.1 Å². The standard InChI is InChI=1S/C19H18FN3OS/c1-13-17(10-14-6-3-2-4-7-14)23-19(21-13)25-12-18(24)22-16-9-5-8-15(20)11-16/h2-9,11H,10,12H2,1H3,(H,21,23)(H,22,24). The predicted octanol–water partition coefficient (Wildman–Crippen LogP) is 4.18. The van der Waals surface area contributed by atoms with Crippen LogP contribution in [0.5, 0.6) is 0 Å². The van der Waals surface area contributed by atoms with Crippen molar-refractivity contribution in [3.8, 4) is 0 Å². The SMILES string of the molecule is Cc1[nH]c(SCC(=O)Nc2cccc(F)c2)nc1Cc1ccccc1. The van der Waals surface area contributed by atoms with Gasteiger partial charge in [-0.25, -0.2) is 9.37 Å². The molecule has 1 amide bonds. The van der Waals surface area contributed by atoms with Gasteiger partial charge >= 0.3 is 0 Å². The van der Waals surface area contributed by atoms with Crippen molar-refractivity contribution in [2.45, 2.75) is 18.5 Å². The Kier molecular flexibility index (Phi) is 5.50. The third-order valence-corrected chi connectivity index (χ3v) is 4.50. The van der Waals surface area contributed by atoms with E-state index in [-0.39, 0.29) is 17.5 Å². The van der Waals surface area contributed by atoms with Crippen LogP contribution in [-0.2, 0) is 11.2 Å². The summed E-state index contributed by atoms with van der Waals surface area (Å²) in [5, 5.41) is 3.38. The van der Waals surface area contributed by atoms with Crippen molar-refractivity contribution in [1.29, 1.82) is 0 Å². The van der Waals surface area contributed by atoms with Crippen LogP contribution in [0.1, 0.15) is 17.0 Å². The topological polar surface area (TPSA) is 57.8 Å². The molecule has 25 heavy (non-hydrogen) atoms. The summed E-state index contributed by atoms with van der Waals surface area (Å²) in [6.07, 6.45) is 0.749. The summed E-state index contributed by atoms with van der Waals surface area (Å²) in [4.78, 5) is 19.8. The number of aromatic nitrogens is 2. The van der Waals surface area contributed by atoms with Gasteiger partial charge in [-0.3, -0.25) is 4.79 Å². The normalized spacial score (nSPS) is 10.6. The van der Waals surface area contributed by atoms with Crippen LogP contribution in [0, 0.1) is 12.7 Å². The van der Waals surface area contributed by atoms with E-state index in [1.807, 2.05) is 25.1 Å². The average molecular weight is 355 g/mol. The fraction of sp³-hybridized carbons (Fsp3) is 0.158. The van der Waals surface area contributed by atoms with E-state index in [0.717, 1.165) is 17.8 Å². The Hall–Kier alpha value is -2.60. The molecule has 0 saturated carbocycles. The van der Waals surface area contributed by atoms with Gasteiger partial charge < -0.3 is 10.3 Å².